The summed E-state index contributed by atoms with van der Waals surface area (Å²) in [6.07, 6.45) is -3.61. The number of benzene rings is 4. The van der Waals surface area contributed by atoms with Gasteiger partial charge in [-0.05, 0) is 69.6 Å². The van der Waals surface area contributed by atoms with Crippen LogP contribution in [0.4, 0.5) is 13.2 Å². The van der Waals surface area contributed by atoms with Crippen molar-refractivity contribution in [2.24, 2.45) is 5.73 Å². The summed E-state index contributed by atoms with van der Waals surface area (Å²) in [7, 11) is 0. The average Bonchev–Trinajstić information content (AvgIpc) is 2.92. The van der Waals surface area contributed by atoms with Gasteiger partial charge in [-0.3, -0.25) is 9.69 Å². The SMILES string of the molecule is N#Cc1cccc(CN2CCc3cc(-c4cccc(-c5ccc(C(F)(F)F)cc5)c4C(N)=O)ccc3C2)c1. The Morgan fingerprint density at radius 2 is 1.58 bits per heavy atom. The quantitative estimate of drug-likeness (QED) is 0.330. The first kappa shape index (κ1) is 25.2. The number of halogens is 3. The van der Waals surface area contributed by atoms with Crippen molar-refractivity contribution in [2.75, 3.05) is 6.54 Å². The molecule has 0 spiro atoms. The van der Waals surface area contributed by atoms with Gasteiger partial charge in [-0.2, -0.15) is 18.4 Å². The molecular formula is C31H24F3N3O. The molecule has 1 aliphatic heterocycles. The predicted octanol–water partition coefficient (Wildman–Crippen LogP) is 6.57. The zero-order valence-corrected chi connectivity index (χ0v) is 20.4. The lowest BCUT2D eigenvalue weighted by Crippen LogP contribution is -2.30. The topological polar surface area (TPSA) is 70.1 Å². The molecule has 4 aromatic carbocycles. The number of nitrogens with two attached hydrogens (primary N) is 1. The number of hydrogen-bond acceptors (Lipinski definition) is 3. The smallest absolute Gasteiger partial charge is 0.366 e. The molecule has 4 nitrogen and oxygen atoms in total. The Morgan fingerprint density at radius 3 is 2.26 bits per heavy atom. The van der Waals surface area contributed by atoms with E-state index in [0.717, 1.165) is 49.3 Å². The number of nitrogens with zero attached hydrogens (tertiary/aromatic N) is 2. The highest BCUT2D eigenvalue weighted by molar-refractivity contribution is 6.06. The maximum atomic E-state index is 13.0. The minimum atomic E-state index is -4.44. The van der Waals surface area contributed by atoms with Gasteiger partial charge in [0.2, 0.25) is 5.91 Å². The predicted molar refractivity (Wildman–Crippen MR) is 140 cm³/mol. The van der Waals surface area contributed by atoms with E-state index in [1.807, 2.05) is 30.3 Å². The molecular weight excluding hydrogens is 487 g/mol. The molecule has 0 saturated carbocycles. The van der Waals surface area contributed by atoms with Gasteiger partial charge < -0.3 is 5.73 Å². The Balaban J connectivity index is 1.43. The summed E-state index contributed by atoms with van der Waals surface area (Å²) in [5, 5.41) is 9.16. The molecule has 1 heterocycles. The summed E-state index contributed by atoms with van der Waals surface area (Å²) >= 11 is 0. The Labute approximate surface area is 218 Å². The largest absolute Gasteiger partial charge is 0.416 e. The molecule has 7 heteroatoms. The van der Waals surface area contributed by atoms with Crippen LogP contribution >= 0.6 is 0 Å². The van der Waals surface area contributed by atoms with Crippen molar-refractivity contribution in [1.82, 2.24) is 4.90 Å². The monoisotopic (exact) mass is 511 g/mol. The third-order valence-corrected chi connectivity index (χ3v) is 6.90. The van der Waals surface area contributed by atoms with Crippen LogP contribution in [0.5, 0.6) is 0 Å². The van der Waals surface area contributed by atoms with E-state index < -0.39 is 17.6 Å². The molecule has 2 N–H and O–H groups in total. The van der Waals surface area contributed by atoms with Crippen LogP contribution in [0.25, 0.3) is 22.3 Å². The number of nitriles is 1. The van der Waals surface area contributed by atoms with Crippen molar-refractivity contribution in [1.29, 1.82) is 5.26 Å². The van der Waals surface area contributed by atoms with E-state index in [-0.39, 0.29) is 5.56 Å². The fourth-order valence-corrected chi connectivity index (χ4v) is 5.05. The fraction of sp³-hybridized carbons (Fsp3) is 0.161. The van der Waals surface area contributed by atoms with Gasteiger partial charge in [0.05, 0.1) is 22.8 Å². The van der Waals surface area contributed by atoms with Crippen molar-refractivity contribution >= 4 is 5.91 Å². The molecule has 0 atom stereocenters. The number of alkyl halides is 3. The van der Waals surface area contributed by atoms with Crippen LogP contribution in [-0.2, 0) is 25.7 Å². The third kappa shape index (κ3) is 5.17. The third-order valence-electron chi connectivity index (χ3n) is 6.90. The maximum absolute atomic E-state index is 13.0. The molecule has 4 aromatic rings. The highest BCUT2D eigenvalue weighted by Gasteiger charge is 2.30. The van der Waals surface area contributed by atoms with Crippen molar-refractivity contribution in [3.63, 3.8) is 0 Å². The number of amides is 1. The Kier molecular flexibility index (Phi) is 6.75. The van der Waals surface area contributed by atoms with E-state index in [0.29, 0.717) is 22.3 Å². The molecule has 0 radical (unpaired) electrons. The van der Waals surface area contributed by atoms with Gasteiger partial charge in [-0.1, -0.05) is 60.7 Å². The molecule has 0 aliphatic carbocycles. The first-order valence-corrected chi connectivity index (χ1v) is 12.2. The van der Waals surface area contributed by atoms with Gasteiger partial charge in [-0.15, -0.1) is 0 Å². The van der Waals surface area contributed by atoms with E-state index in [9.17, 15) is 18.0 Å². The van der Waals surface area contributed by atoms with Gasteiger partial charge in [0.25, 0.3) is 0 Å². The molecule has 5 rings (SSSR count). The number of carbonyl (C=O) groups is 1. The molecule has 0 bridgehead atoms. The van der Waals surface area contributed by atoms with Crippen LogP contribution in [0.1, 0.15) is 38.2 Å². The molecule has 190 valence electrons. The normalized spacial score (nSPS) is 13.5. The van der Waals surface area contributed by atoms with Crippen LogP contribution in [-0.4, -0.2) is 17.4 Å². The van der Waals surface area contributed by atoms with E-state index in [2.05, 4.69) is 23.1 Å². The second kappa shape index (κ2) is 10.2. The lowest BCUT2D eigenvalue weighted by Gasteiger charge is -2.29. The Bertz CT molecular complexity index is 1550. The van der Waals surface area contributed by atoms with Crippen LogP contribution in [0.2, 0.25) is 0 Å². The zero-order valence-electron chi connectivity index (χ0n) is 20.4. The van der Waals surface area contributed by atoms with Crippen LogP contribution < -0.4 is 5.73 Å². The van der Waals surface area contributed by atoms with E-state index in [1.165, 1.54) is 23.3 Å². The summed E-state index contributed by atoms with van der Waals surface area (Å²) in [5.41, 5.74) is 11.9. The minimum Gasteiger partial charge on any atom is -0.366 e. The van der Waals surface area contributed by atoms with E-state index >= 15 is 0 Å². The van der Waals surface area contributed by atoms with E-state index in [4.69, 9.17) is 11.0 Å². The maximum Gasteiger partial charge on any atom is 0.416 e. The van der Waals surface area contributed by atoms with Crippen LogP contribution in [0.15, 0.2) is 84.9 Å². The highest BCUT2D eigenvalue weighted by atomic mass is 19.4. The van der Waals surface area contributed by atoms with Gasteiger partial charge in [0.15, 0.2) is 0 Å². The summed E-state index contributed by atoms with van der Waals surface area (Å²) in [4.78, 5) is 14.9. The number of fused-ring (bicyclic) bond motifs is 1. The summed E-state index contributed by atoms with van der Waals surface area (Å²) in [5.74, 6) is -0.640. The highest BCUT2D eigenvalue weighted by Crippen LogP contribution is 2.36. The molecule has 1 aliphatic rings. The summed E-state index contributed by atoms with van der Waals surface area (Å²) in [6, 6.07) is 25.9. The first-order valence-electron chi connectivity index (χ1n) is 12.2. The standard InChI is InChI=1S/C31H24F3N3O/c32-31(33,34)26-11-9-22(10-12-26)27-5-2-6-28(29(27)30(36)38)24-7-8-25-19-37(14-13-23(25)16-24)18-21-4-1-3-20(15-21)17-35/h1-12,15-16H,13-14,18-19H2,(H2,36,38). The minimum absolute atomic E-state index is 0.280. The summed E-state index contributed by atoms with van der Waals surface area (Å²) < 4.78 is 39.1. The molecule has 0 fully saturated rings. The van der Waals surface area contributed by atoms with Crippen molar-refractivity contribution < 1.29 is 18.0 Å². The zero-order chi connectivity index (χ0) is 26.9. The average molecular weight is 512 g/mol. The summed E-state index contributed by atoms with van der Waals surface area (Å²) in [6.45, 7) is 2.36. The molecule has 0 aromatic heterocycles. The van der Waals surface area contributed by atoms with Crippen LogP contribution in [0.3, 0.4) is 0 Å². The number of carbonyl (C=O) groups excluding carboxylic acids is 1. The Morgan fingerprint density at radius 1 is 0.895 bits per heavy atom. The molecule has 0 unspecified atom stereocenters. The van der Waals surface area contributed by atoms with Crippen molar-refractivity contribution in [3.05, 3.63) is 118 Å². The fourth-order valence-electron chi connectivity index (χ4n) is 5.05. The number of hydrogen-bond donors (Lipinski definition) is 1. The number of primary amides is 1. The molecule has 0 saturated heterocycles. The lowest BCUT2D eigenvalue weighted by atomic mass is 9.88. The van der Waals surface area contributed by atoms with Crippen molar-refractivity contribution in [2.45, 2.75) is 25.7 Å². The second-order valence-corrected chi connectivity index (χ2v) is 9.42. The first-order chi connectivity index (χ1) is 18.2. The van der Waals surface area contributed by atoms with Crippen LogP contribution in [0, 0.1) is 11.3 Å². The van der Waals surface area contributed by atoms with Gasteiger partial charge in [-0.25, -0.2) is 0 Å². The van der Waals surface area contributed by atoms with E-state index in [1.54, 1.807) is 18.2 Å². The van der Waals surface area contributed by atoms with Gasteiger partial charge >= 0.3 is 6.18 Å². The molecule has 1 amide bonds. The van der Waals surface area contributed by atoms with Crippen molar-refractivity contribution in [3.8, 4) is 28.3 Å². The van der Waals surface area contributed by atoms with Gasteiger partial charge in [0, 0.05) is 19.6 Å². The lowest BCUT2D eigenvalue weighted by molar-refractivity contribution is -0.137. The Hall–Kier alpha value is -4.41. The number of rotatable bonds is 5. The molecule has 38 heavy (non-hydrogen) atoms. The second-order valence-electron chi connectivity index (χ2n) is 9.42. The van der Waals surface area contributed by atoms with Gasteiger partial charge in [0.1, 0.15) is 0 Å².